The van der Waals surface area contributed by atoms with Crippen molar-refractivity contribution in [2.45, 2.75) is 32.5 Å². The van der Waals surface area contributed by atoms with Gasteiger partial charge >= 0.3 is 0 Å². The number of aromatic nitrogens is 3. The van der Waals surface area contributed by atoms with Gasteiger partial charge in [0.1, 0.15) is 0 Å². The smallest absolute Gasteiger partial charge is 0.0705 e. The van der Waals surface area contributed by atoms with Gasteiger partial charge in [-0.2, -0.15) is 5.10 Å². The zero-order valence-corrected chi connectivity index (χ0v) is 15.8. The van der Waals surface area contributed by atoms with Gasteiger partial charge in [0.05, 0.1) is 16.9 Å². The fourth-order valence-corrected chi connectivity index (χ4v) is 4.61. The number of fused-ring (bicyclic) bond motifs is 2. The average molecular weight is 361 g/mol. The minimum atomic E-state index is 0.615. The van der Waals surface area contributed by atoms with E-state index in [-0.39, 0.29) is 0 Å². The summed E-state index contributed by atoms with van der Waals surface area (Å²) in [6, 6.07) is 14.9. The molecule has 0 N–H and O–H groups in total. The molecule has 2 aromatic heterocycles. The molecule has 5 heteroatoms. The highest BCUT2D eigenvalue weighted by atomic mass is 15.3. The zero-order chi connectivity index (χ0) is 18.1. The predicted molar refractivity (Wildman–Crippen MR) is 107 cm³/mol. The van der Waals surface area contributed by atoms with Gasteiger partial charge in [0.15, 0.2) is 0 Å². The highest BCUT2D eigenvalue weighted by Crippen LogP contribution is 2.21. The largest absolute Gasteiger partial charge is 0.303 e. The van der Waals surface area contributed by atoms with Gasteiger partial charge in [0, 0.05) is 50.2 Å². The Labute approximate surface area is 160 Å². The number of benzene rings is 1. The molecule has 4 heterocycles. The van der Waals surface area contributed by atoms with Crippen LogP contribution in [0, 0.1) is 5.92 Å². The summed E-state index contributed by atoms with van der Waals surface area (Å²) in [5.74, 6) is 0.615. The minimum Gasteiger partial charge on any atom is -0.303 e. The summed E-state index contributed by atoms with van der Waals surface area (Å²) in [4.78, 5) is 10.1. The second-order valence-corrected chi connectivity index (χ2v) is 8.04. The Bertz CT molecular complexity index is 912. The van der Waals surface area contributed by atoms with Crippen LogP contribution in [0.3, 0.4) is 0 Å². The second-order valence-electron chi connectivity index (χ2n) is 8.04. The number of pyridine rings is 1. The molecule has 1 saturated heterocycles. The molecule has 2 aliphatic rings. The van der Waals surface area contributed by atoms with E-state index >= 15 is 0 Å². The molecular formula is C22H27N5. The van der Waals surface area contributed by atoms with Crippen LogP contribution in [0.15, 0.2) is 48.7 Å². The molecule has 0 aliphatic carbocycles. The molecule has 27 heavy (non-hydrogen) atoms. The normalized spacial score (nSPS) is 21.4. The Morgan fingerprint density at radius 2 is 1.81 bits per heavy atom. The monoisotopic (exact) mass is 361 g/mol. The van der Waals surface area contributed by atoms with Gasteiger partial charge in [-0.25, -0.2) is 0 Å². The van der Waals surface area contributed by atoms with E-state index < -0.39 is 0 Å². The lowest BCUT2D eigenvalue weighted by Gasteiger charge is -2.27. The van der Waals surface area contributed by atoms with E-state index in [9.17, 15) is 0 Å². The SMILES string of the molecule is c1ccc2nc(CN3Cc4ccnn4CC(CN4CCCC4)C3)ccc2c1. The Morgan fingerprint density at radius 3 is 2.74 bits per heavy atom. The standard InChI is InChI=1S/C22H27N5/c1-2-6-22-19(5-1)7-8-20(24-22)16-26-14-18(13-25-11-3-4-12-25)15-27-21(17-26)9-10-23-27/h1-2,5-10,18H,3-4,11-17H2. The summed E-state index contributed by atoms with van der Waals surface area (Å²) < 4.78 is 2.22. The minimum absolute atomic E-state index is 0.615. The van der Waals surface area contributed by atoms with Gasteiger partial charge in [-0.1, -0.05) is 24.3 Å². The zero-order valence-electron chi connectivity index (χ0n) is 15.8. The molecule has 1 aromatic carbocycles. The van der Waals surface area contributed by atoms with E-state index in [0.29, 0.717) is 5.92 Å². The fraction of sp³-hybridized carbons (Fsp3) is 0.455. The van der Waals surface area contributed by atoms with Gasteiger partial charge < -0.3 is 4.90 Å². The van der Waals surface area contributed by atoms with Gasteiger partial charge in [-0.3, -0.25) is 14.6 Å². The molecule has 1 unspecified atom stereocenters. The molecule has 3 aromatic rings. The molecule has 0 spiro atoms. The summed E-state index contributed by atoms with van der Waals surface area (Å²) >= 11 is 0. The molecule has 140 valence electrons. The Morgan fingerprint density at radius 1 is 0.926 bits per heavy atom. The first-order valence-electron chi connectivity index (χ1n) is 10.1. The lowest BCUT2D eigenvalue weighted by molar-refractivity contribution is 0.181. The first kappa shape index (κ1) is 16.9. The fourth-order valence-electron chi connectivity index (χ4n) is 4.61. The van der Waals surface area contributed by atoms with E-state index in [4.69, 9.17) is 4.98 Å². The molecule has 2 aliphatic heterocycles. The van der Waals surface area contributed by atoms with Crippen molar-refractivity contribution < 1.29 is 0 Å². The molecule has 0 bridgehead atoms. The van der Waals surface area contributed by atoms with Crippen LogP contribution in [0.25, 0.3) is 10.9 Å². The van der Waals surface area contributed by atoms with Crippen molar-refractivity contribution in [2.24, 2.45) is 5.92 Å². The molecule has 1 fully saturated rings. The van der Waals surface area contributed by atoms with Crippen LogP contribution in [0.5, 0.6) is 0 Å². The highest BCUT2D eigenvalue weighted by molar-refractivity contribution is 5.78. The first-order chi connectivity index (χ1) is 13.3. The Hall–Kier alpha value is -2.24. The maximum atomic E-state index is 4.90. The topological polar surface area (TPSA) is 37.2 Å². The third-order valence-electron chi connectivity index (χ3n) is 5.89. The summed E-state index contributed by atoms with van der Waals surface area (Å²) in [5.41, 5.74) is 3.56. The number of hydrogen-bond donors (Lipinski definition) is 0. The van der Waals surface area contributed by atoms with Crippen molar-refractivity contribution in [1.29, 1.82) is 0 Å². The lowest BCUT2D eigenvalue weighted by atomic mass is 10.1. The van der Waals surface area contributed by atoms with Crippen molar-refractivity contribution >= 4 is 10.9 Å². The summed E-state index contributed by atoms with van der Waals surface area (Å²) in [6.07, 6.45) is 4.65. The van der Waals surface area contributed by atoms with E-state index in [1.54, 1.807) is 0 Å². The summed E-state index contributed by atoms with van der Waals surface area (Å²) in [5, 5.41) is 5.79. The third kappa shape index (κ3) is 3.75. The molecule has 0 amide bonds. The molecule has 1 atom stereocenters. The highest BCUT2D eigenvalue weighted by Gasteiger charge is 2.25. The van der Waals surface area contributed by atoms with Gasteiger partial charge in [-0.15, -0.1) is 0 Å². The van der Waals surface area contributed by atoms with Crippen LogP contribution in [-0.4, -0.2) is 50.7 Å². The van der Waals surface area contributed by atoms with Gasteiger partial charge in [0.25, 0.3) is 0 Å². The van der Waals surface area contributed by atoms with Crippen molar-refractivity contribution in [3.05, 3.63) is 60.0 Å². The quantitative estimate of drug-likeness (QED) is 0.715. The van der Waals surface area contributed by atoms with Gasteiger partial charge in [0.2, 0.25) is 0 Å². The van der Waals surface area contributed by atoms with Crippen molar-refractivity contribution in [1.82, 2.24) is 24.6 Å². The van der Waals surface area contributed by atoms with E-state index in [2.05, 4.69) is 62.0 Å². The maximum Gasteiger partial charge on any atom is 0.0705 e. The van der Waals surface area contributed by atoms with E-state index in [1.165, 1.54) is 43.6 Å². The third-order valence-corrected chi connectivity index (χ3v) is 5.89. The number of nitrogens with zero attached hydrogens (tertiary/aromatic N) is 5. The molecule has 5 nitrogen and oxygen atoms in total. The van der Waals surface area contributed by atoms with Crippen LogP contribution in [0.2, 0.25) is 0 Å². The average Bonchev–Trinajstić information content (AvgIpc) is 3.31. The second kappa shape index (κ2) is 7.41. The number of hydrogen-bond acceptors (Lipinski definition) is 4. The van der Waals surface area contributed by atoms with Crippen LogP contribution < -0.4 is 0 Å². The van der Waals surface area contributed by atoms with Crippen molar-refractivity contribution in [3.63, 3.8) is 0 Å². The van der Waals surface area contributed by atoms with Crippen molar-refractivity contribution in [3.8, 4) is 0 Å². The lowest BCUT2D eigenvalue weighted by Crippen LogP contribution is -2.35. The van der Waals surface area contributed by atoms with Crippen LogP contribution >= 0.6 is 0 Å². The van der Waals surface area contributed by atoms with Gasteiger partial charge in [-0.05, 0) is 44.1 Å². The van der Waals surface area contributed by atoms with Crippen LogP contribution in [0.1, 0.15) is 24.2 Å². The molecular weight excluding hydrogens is 334 g/mol. The first-order valence-corrected chi connectivity index (χ1v) is 10.1. The molecule has 5 rings (SSSR count). The van der Waals surface area contributed by atoms with E-state index in [0.717, 1.165) is 37.4 Å². The molecule has 0 radical (unpaired) electrons. The molecule has 0 saturated carbocycles. The Kier molecular flexibility index (Phi) is 4.64. The summed E-state index contributed by atoms with van der Waals surface area (Å²) in [6.45, 7) is 7.68. The number of para-hydroxylation sites is 1. The Balaban J connectivity index is 1.36. The van der Waals surface area contributed by atoms with Crippen molar-refractivity contribution in [2.75, 3.05) is 26.2 Å². The van der Waals surface area contributed by atoms with Crippen LogP contribution in [0.4, 0.5) is 0 Å². The maximum absolute atomic E-state index is 4.90. The van der Waals surface area contributed by atoms with E-state index in [1.807, 2.05) is 6.20 Å². The van der Waals surface area contributed by atoms with Crippen LogP contribution in [-0.2, 0) is 19.6 Å². The number of rotatable bonds is 4. The summed E-state index contributed by atoms with van der Waals surface area (Å²) in [7, 11) is 0. The predicted octanol–water partition coefficient (Wildman–Crippen LogP) is 3.16. The number of likely N-dealkylation sites (tertiary alicyclic amines) is 1.